The van der Waals surface area contributed by atoms with Crippen LogP contribution in [-0.2, 0) is 6.54 Å². The summed E-state index contributed by atoms with van der Waals surface area (Å²) < 4.78 is 5.24. The van der Waals surface area contributed by atoms with Gasteiger partial charge in [0.25, 0.3) is 5.91 Å². The number of halogens is 1. The molecule has 0 fully saturated rings. The summed E-state index contributed by atoms with van der Waals surface area (Å²) in [5.74, 6) is 0.973. The van der Waals surface area contributed by atoms with Crippen LogP contribution in [-0.4, -0.2) is 15.9 Å². The van der Waals surface area contributed by atoms with Crippen molar-refractivity contribution in [3.63, 3.8) is 0 Å². The van der Waals surface area contributed by atoms with E-state index in [-0.39, 0.29) is 11.6 Å². The Balaban J connectivity index is 1.68. The molecule has 0 aliphatic rings. The molecule has 1 aromatic carbocycles. The van der Waals surface area contributed by atoms with Crippen LogP contribution in [0, 0.1) is 6.92 Å². The molecule has 0 aliphatic carbocycles. The van der Waals surface area contributed by atoms with Gasteiger partial charge < -0.3 is 15.1 Å². The zero-order valence-electron chi connectivity index (χ0n) is 12.9. The normalized spacial score (nSPS) is 10.4. The van der Waals surface area contributed by atoms with E-state index in [1.165, 1.54) is 6.33 Å². The summed E-state index contributed by atoms with van der Waals surface area (Å²) in [4.78, 5) is 20.4. The Morgan fingerprint density at radius 2 is 2.12 bits per heavy atom. The van der Waals surface area contributed by atoms with Gasteiger partial charge in [-0.25, -0.2) is 9.97 Å². The first kappa shape index (κ1) is 16.0. The van der Waals surface area contributed by atoms with Crippen LogP contribution in [0.3, 0.4) is 0 Å². The van der Waals surface area contributed by atoms with Gasteiger partial charge >= 0.3 is 0 Å². The van der Waals surface area contributed by atoms with Gasteiger partial charge in [0.15, 0.2) is 0 Å². The van der Waals surface area contributed by atoms with E-state index in [1.54, 1.807) is 24.5 Å². The number of nitrogens with one attached hydrogen (secondary N) is 2. The Labute approximate surface area is 143 Å². The van der Waals surface area contributed by atoms with Crippen LogP contribution in [0.5, 0.6) is 0 Å². The lowest BCUT2D eigenvalue weighted by Crippen LogP contribution is -2.14. The third-order valence-electron chi connectivity index (χ3n) is 3.35. The predicted molar refractivity (Wildman–Crippen MR) is 92.2 cm³/mol. The number of benzene rings is 1. The number of carbonyl (C=O) groups excluding carboxylic acids is 1. The molecule has 3 aromatic rings. The molecule has 2 aromatic heterocycles. The fourth-order valence-electron chi connectivity index (χ4n) is 2.03. The molecule has 24 heavy (non-hydrogen) atoms. The summed E-state index contributed by atoms with van der Waals surface area (Å²) in [6, 6.07) is 10.6. The van der Waals surface area contributed by atoms with E-state index in [2.05, 4.69) is 20.6 Å². The lowest BCUT2D eigenvalue weighted by molar-refractivity contribution is 0.102. The average molecular weight is 343 g/mol. The number of hydrogen-bond acceptors (Lipinski definition) is 5. The molecule has 0 aliphatic heterocycles. The maximum atomic E-state index is 12.3. The summed E-state index contributed by atoms with van der Waals surface area (Å²) in [5, 5.41) is 6.43. The smallest absolute Gasteiger partial charge is 0.274 e. The van der Waals surface area contributed by atoms with Gasteiger partial charge in [0, 0.05) is 16.8 Å². The topological polar surface area (TPSA) is 80.0 Å². The van der Waals surface area contributed by atoms with Crippen molar-refractivity contribution in [2.24, 2.45) is 0 Å². The highest BCUT2D eigenvalue weighted by atomic mass is 35.5. The molecule has 0 unspecified atom stereocenters. The highest BCUT2D eigenvalue weighted by molar-refractivity contribution is 6.31. The fraction of sp³-hybridized carbons (Fsp3) is 0.118. The number of amides is 1. The molecule has 0 saturated heterocycles. The minimum absolute atomic E-state index is 0.253. The van der Waals surface area contributed by atoms with Crippen LogP contribution < -0.4 is 10.6 Å². The molecule has 0 radical (unpaired) electrons. The number of hydrogen-bond donors (Lipinski definition) is 2. The van der Waals surface area contributed by atoms with Gasteiger partial charge in [0.2, 0.25) is 0 Å². The standard InChI is InChI=1S/C17H15ClN4O2/c1-11-4-5-12(7-14(11)18)22-17(23)15-8-16(21-10-20-15)19-9-13-3-2-6-24-13/h2-8,10H,9H2,1H3,(H,22,23)(H,19,20,21). The van der Waals surface area contributed by atoms with E-state index < -0.39 is 0 Å². The summed E-state index contributed by atoms with van der Waals surface area (Å²) in [7, 11) is 0. The van der Waals surface area contributed by atoms with Crippen LogP contribution in [0.4, 0.5) is 11.5 Å². The molecule has 7 heteroatoms. The summed E-state index contributed by atoms with van der Waals surface area (Å²) in [6.07, 6.45) is 2.93. The lowest BCUT2D eigenvalue weighted by atomic mass is 10.2. The van der Waals surface area contributed by atoms with Gasteiger partial charge in [0.1, 0.15) is 23.6 Å². The van der Waals surface area contributed by atoms with E-state index in [1.807, 2.05) is 25.1 Å². The Kier molecular flexibility index (Phi) is 4.77. The van der Waals surface area contributed by atoms with Crippen LogP contribution in [0.15, 0.2) is 53.4 Å². The number of aromatic nitrogens is 2. The van der Waals surface area contributed by atoms with E-state index in [0.717, 1.165) is 11.3 Å². The molecule has 3 rings (SSSR count). The van der Waals surface area contributed by atoms with E-state index in [9.17, 15) is 4.79 Å². The van der Waals surface area contributed by atoms with Gasteiger partial charge in [-0.1, -0.05) is 17.7 Å². The minimum Gasteiger partial charge on any atom is -0.467 e. The van der Waals surface area contributed by atoms with Gasteiger partial charge in [-0.05, 0) is 36.8 Å². The minimum atomic E-state index is -0.335. The van der Waals surface area contributed by atoms with Crippen LogP contribution in [0.2, 0.25) is 5.02 Å². The molecular weight excluding hydrogens is 328 g/mol. The van der Waals surface area contributed by atoms with E-state index in [4.69, 9.17) is 16.0 Å². The van der Waals surface area contributed by atoms with Crippen molar-refractivity contribution in [3.8, 4) is 0 Å². The summed E-state index contributed by atoms with van der Waals surface area (Å²) in [6.45, 7) is 2.37. The van der Waals surface area contributed by atoms with Gasteiger partial charge in [-0.3, -0.25) is 4.79 Å². The van der Waals surface area contributed by atoms with Gasteiger partial charge in [-0.2, -0.15) is 0 Å². The zero-order chi connectivity index (χ0) is 16.9. The zero-order valence-corrected chi connectivity index (χ0v) is 13.7. The Hall–Kier alpha value is -2.86. The molecule has 0 saturated carbocycles. The Morgan fingerprint density at radius 1 is 1.25 bits per heavy atom. The second-order valence-electron chi connectivity index (χ2n) is 5.14. The lowest BCUT2D eigenvalue weighted by Gasteiger charge is -2.08. The van der Waals surface area contributed by atoms with Crippen LogP contribution in [0.1, 0.15) is 21.8 Å². The highest BCUT2D eigenvalue weighted by Gasteiger charge is 2.10. The Bertz CT molecular complexity index is 850. The third kappa shape index (κ3) is 3.91. The molecule has 2 N–H and O–H groups in total. The predicted octanol–water partition coefficient (Wildman–Crippen LogP) is 3.90. The first-order chi connectivity index (χ1) is 11.6. The largest absolute Gasteiger partial charge is 0.467 e. The number of rotatable bonds is 5. The maximum Gasteiger partial charge on any atom is 0.274 e. The number of carbonyl (C=O) groups is 1. The summed E-state index contributed by atoms with van der Waals surface area (Å²) >= 11 is 6.06. The SMILES string of the molecule is Cc1ccc(NC(=O)c2cc(NCc3ccco3)ncn2)cc1Cl. The molecule has 1 amide bonds. The van der Waals surface area contributed by atoms with Crippen LogP contribution in [0.25, 0.3) is 0 Å². The van der Waals surface area contributed by atoms with Crippen molar-refractivity contribution in [1.29, 1.82) is 0 Å². The maximum absolute atomic E-state index is 12.3. The van der Waals surface area contributed by atoms with Crippen molar-refractivity contribution < 1.29 is 9.21 Å². The second kappa shape index (κ2) is 7.14. The Morgan fingerprint density at radius 3 is 2.88 bits per heavy atom. The van der Waals surface area contributed by atoms with Gasteiger partial charge in [-0.15, -0.1) is 0 Å². The first-order valence-electron chi connectivity index (χ1n) is 7.27. The van der Waals surface area contributed by atoms with E-state index in [0.29, 0.717) is 23.1 Å². The van der Waals surface area contributed by atoms with Crippen molar-refractivity contribution in [2.75, 3.05) is 10.6 Å². The quantitative estimate of drug-likeness (QED) is 0.735. The number of anilines is 2. The fourth-order valence-corrected chi connectivity index (χ4v) is 2.22. The highest BCUT2D eigenvalue weighted by Crippen LogP contribution is 2.20. The van der Waals surface area contributed by atoms with Crippen molar-refractivity contribution >= 4 is 29.0 Å². The molecule has 6 nitrogen and oxygen atoms in total. The average Bonchev–Trinajstić information content (AvgIpc) is 3.10. The number of nitrogens with zero attached hydrogens (tertiary/aromatic N) is 2. The molecule has 122 valence electrons. The van der Waals surface area contributed by atoms with E-state index >= 15 is 0 Å². The second-order valence-corrected chi connectivity index (χ2v) is 5.55. The van der Waals surface area contributed by atoms with Crippen molar-refractivity contribution in [3.05, 3.63) is 71.0 Å². The monoisotopic (exact) mass is 342 g/mol. The third-order valence-corrected chi connectivity index (χ3v) is 3.76. The van der Waals surface area contributed by atoms with Crippen molar-refractivity contribution in [2.45, 2.75) is 13.5 Å². The molecule has 0 spiro atoms. The molecule has 0 atom stereocenters. The number of aryl methyl sites for hydroxylation is 1. The number of furan rings is 1. The molecule has 2 heterocycles. The summed E-state index contributed by atoms with van der Waals surface area (Å²) in [5.41, 5.74) is 1.81. The molecular formula is C17H15ClN4O2. The van der Waals surface area contributed by atoms with Crippen molar-refractivity contribution in [1.82, 2.24) is 9.97 Å². The van der Waals surface area contributed by atoms with Crippen LogP contribution >= 0.6 is 11.6 Å². The van der Waals surface area contributed by atoms with Gasteiger partial charge in [0.05, 0.1) is 12.8 Å². The molecule has 0 bridgehead atoms. The first-order valence-corrected chi connectivity index (χ1v) is 7.65.